The molecule has 3 fully saturated rings. The Kier molecular flexibility index (Phi) is 6.35. The Morgan fingerprint density at radius 3 is 2.57 bits per heavy atom. The van der Waals surface area contributed by atoms with E-state index in [0.717, 1.165) is 42.4 Å². The molecule has 170 valence electrons. The van der Waals surface area contributed by atoms with Gasteiger partial charge in [-0.15, -0.1) is 0 Å². The molecular weight excluding hydrogens is 364 g/mol. The highest BCUT2D eigenvalue weighted by Crippen LogP contribution is 2.67. The quantitative estimate of drug-likeness (QED) is 0.454. The van der Waals surface area contributed by atoms with E-state index < -0.39 is 0 Å². The highest BCUT2D eigenvalue weighted by molar-refractivity contribution is 5.25. The van der Waals surface area contributed by atoms with Crippen LogP contribution in [0.5, 0.6) is 0 Å². The molecular formula is C29H48O. The predicted molar refractivity (Wildman–Crippen MR) is 128 cm³/mol. The monoisotopic (exact) mass is 412 g/mol. The first-order valence-electron chi connectivity index (χ1n) is 13.2. The van der Waals surface area contributed by atoms with Crippen LogP contribution < -0.4 is 0 Å². The second kappa shape index (κ2) is 8.42. The number of allylic oxidation sites excluding steroid dienone is 3. The summed E-state index contributed by atoms with van der Waals surface area (Å²) in [5.74, 6) is 5.15. The van der Waals surface area contributed by atoms with Gasteiger partial charge in [0.25, 0.3) is 0 Å². The van der Waals surface area contributed by atoms with Gasteiger partial charge in [0.1, 0.15) is 0 Å². The third kappa shape index (κ3) is 3.66. The van der Waals surface area contributed by atoms with Crippen molar-refractivity contribution < 1.29 is 5.11 Å². The smallest absolute Gasteiger partial charge is 0.0577 e. The molecule has 8 atom stereocenters. The van der Waals surface area contributed by atoms with Crippen LogP contribution in [0, 0.1) is 46.3 Å². The number of aliphatic hydroxyl groups is 1. The minimum Gasteiger partial charge on any atom is -0.393 e. The maximum atomic E-state index is 10.2. The lowest BCUT2D eigenvalue weighted by atomic mass is 9.47. The average Bonchev–Trinajstić information content (AvgIpc) is 3.06. The van der Waals surface area contributed by atoms with Crippen LogP contribution >= 0.6 is 0 Å². The molecule has 4 rings (SSSR count). The van der Waals surface area contributed by atoms with E-state index in [1.807, 2.05) is 0 Å². The third-order valence-corrected chi connectivity index (χ3v) is 10.8. The summed E-state index contributed by atoms with van der Waals surface area (Å²) in [7, 11) is 0. The minimum atomic E-state index is -0.0839. The molecule has 0 radical (unpaired) electrons. The van der Waals surface area contributed by atoms with Gasteiger partial charge in [-0.3, -0.25) is 0 Å². The van der Waals surface area contributed by atoms with E-state index >= 15 is 0 Å². The summed E-state index contributed by atoms with van der Waals surface area (Å²) >= 11 is 0. The van der Waals surface area contributed by atoms with Crippen molar-refractivity contribution in [3.63, 3.8) is 0 Å². The Hall–Kier alpha value is -0.560. The Bertz CT molecular complexity index is 686. The molecule has 1 N–H and O–H groups in total. The maximum absolute atomic E-state index is 10.2. The van der Waals surface area contributed by atoms with Gasteiger partial charge in [0.15, 0.2) is 0 Å². The fourth-order valence-electron chi connectivity index (χ4n) is 8.98. The first-order chi connectivity index (χ1) is 14.2. The SMILES string of the molecule is C/C=C(\CC[C@H](C)[C@@H]1CC[C@@H]2[C@H]3CC=C4C[C@@H](O)CC[C@]4(C)[C@@H]3CC[C@@]21C)C(C)C. The highest BCUT2D eigenvalue weighted by atomic mass is 16.3. The van der Waals surface area contributed by atoms with Gasteiger partial charge in [-0.05, 0) is 117 Å². The van der Waals surface area contributed by atoms with Crippen molar-refractivity contribution in [1.82, 2.24) is 0 Å². The molecule has 4 aliphatic rings. The Morgan fingerprint density at radius 2 is 1.87 bits per heavy atom. The fraction of sp³-hybridized carbons (Fsp3) is 0.862. The minimum absolute atomic E-state index is 0.0839. The molecule has 0 unspecified atom stereocenters. The summed E-state index contributed by atoms with van der Waals surface area (Å²) in [6, 6.07) is 0. The van der Waals surface area contributed by atoms with Crippen molar-refractivity contribution in [3.8, 4) is 0 Å². The molecule has 30 heavy (non-hydrogen) atoms. The number of hydrogen-bond donors (Lipinski definition) is 1. The van der Waals surface area contributed by atoms with E-state index in [-0.39, 0.29) is 6.10 Å². The van der Waals surface area contributed by atoms with Crippen LogP contribution in [-0.2, 0) is 0 Å². The summed E-state index contributed by atoms with van der Waals surface area (Å²) < 4.78 is 0. The summed E-state index contributed by atoms with van der Waals surface area (Å²) in [4.78, 5) is 0. The molecule has 0 saturated heterocycles. The highest BCUT2D eigenvalue weighted by Gasteiger charge is 2.59. The largest absolute Gasteiger partial charge is 0.393 e. The van der Waals surface area contributed by atoms with Crippen molar-refractivity contribution in [2.24, 2.45) is 46.3 Å². The lowest BCUT2D eigenvalue weighted by molar-refractivity contribution is -0.0571. The Labute approximate surface area is 186 Å². The van der Waals surface area contributed by atoms with Crippen molar-refractivity contribution in [2.45, 2.75) is 112 Å². The van der Waals surface area contributed by atoms with Gasteiger partial charge in [-0.1, -0.05) is 57.9 Å². The van der Waals surface area contributed by atoms with Crippen LogP contribution in [0.2, 0.25) is 0 Å². The van der Waals surface area contributed by atoms with Crippen LogP contribution in [0.1, 0.15) is 106 Å². The van der Waals surface area contributed by atoms with Crippen LogP contribution in [0.3, 0.4) is 0 Å². The van der Waals surface area contributed by atoms with Crippen molar-refractivity contribution in [3.05, 3.63) is 23.3 Å². The molecule has 0 aliphatic heterocycles. The molecule has 1 nitrogen and oxygen atoms in total. The van der Waals surface area contributed by atoms with Gasteiger partial charge in [0.05, 0.1) is 6.10 Å². The molecule has 0 aromatic rings. The van der Waals surface area contributed by atoms with E-state index in [1.165, 1.54) is 51.4 Å². The second-order valence-electron chi connectivity index (χ2n) is 12.4. The number of rotatable bonds is 5. The lowest BCUT2D eigenvalue weighted by Gasteiger charge is -2.58. The first kappa shape index (κ1) is 22.6. The topological polar surface area (TPSA) is 20.2 Å². The molecule has 0 heterocycles. The zero-order valence-corrected chi connectivity index (χ0v) is 20.7. The van der Waals surface area contributed by atoms with Crippen LogP contribution in [0.15, 0.2) is 23.3 Å². The normalized spacial score (nSPS) is 44.9. The summed E-state index contributed by atoms with van der Waals surface area (Å²) in [6.07, 6.45) is 17.8. The van der Waals surface area contributed by atoms with E-state index in [4.69, 9.17) is 0 Å². The zero-order valence-electron chi connectivity index (χ0n) is 20.7. The third-order valence-electron chi connectivity index (χ3n) is 10.8. The van der Waals surface area contributed by atoms with Gasteiger partial charge < -0.3 is 5.11 Å². The van der Waals surface area contributed by atoms with Gasteiger partial charge >= 0.3 is 0 Å². The molecule has 0 aromatic heterocycles. The molecule has 0 spiro atoms. The molecule has 4 aliphatic carbocycles. The fourth-order valence-corrected chi connectivity index (χ4v) is 8.98. The molecule has 0 amide bonds. The molecule has 1 heteroatoms. The van der Waals surface area contributed by atoms with E-state index in [9.17, 15) is 5.11 Å². The number of aliphatic hydroxyl groups excluding tert-OH is 1. The van der Waals surface area contributed by atoms with Crippen molar-refractivity contribution in [2.75, 3.05) is 0 Å². The van der Waals surface area contributed by atoms with Crippen LogP contribution in [0.25, 0.3) is 0 Å². The summed E-state index contributed by atoms with van der Waals surface area (Å²) in [5, 5.41) is 10.2. The predicted octanol–water partition coefficient (Wildman–Crippen LogP) is 7.94. The van der Waals surface area contributed by atoms with Gasteiger partial charge in [-0.25, -0.2) is 0 Å². The summed E-state index contributed by atoms with van der Waals surface area (Å²) in [6.45, 7) is 14.7. The Balaban J connectivity index is 1.49. The van der Waals surface area contributed by atoms with Gasteiger partial charge in [-0.2, -0.15) is 0 Å². The van der Waals surface area contributed by atoms with Crippen LogP contribution in [0.4, 0.5) is 0 Å². The van der Waals surface area contributed by atoms with Crippen LogP contribution in [-0.4, -0.2) is 11.2 Å². The van der Waals surface area contributed by atoms with E-state index in [0.29, 0.717) is 16.7 Å². The number of hydrogen-bond acceptors (Lipinski definition) is 1. The maximum Gasteiger partial charge on any atom is 0.0577 e. The first-order valence-corrected chi connectivity index (χ1v) is 13.2. The van der Waals surface area contributed by atoms with Gasteiger partial charge in [0, 0.05) is 0 Å². The second-order valence-corrected chi connectivity index (χ2v) is 12.4. The summed E-state index contributed by atoms with van der Waals surface area (Å²) in [5.41, 5.74) is 4.21. The Morgan fingerprint density at radius 1 is 1.10 bits per heavy atom. The average molecular weight is 413 g/mol. The van der Waals surface area contributed by atoms with Crippen molar-refractivity contribution >= 4 is 0 Å². The lowest BCUT2D eigenvalue weighted by Crippen LogP contribution is -2.50. The standard InChI is InChI=1S/C29H48O/c1-7-21(19(2)3)9-8-20(4)25-12-13-26-24-11-10-22-18-23(30)14-16-28(22,5)27(24)15-17-29(25,26)6/h7,10,19-20,23-27,30H,8-9,11-18H2,1-6H3/b21-7+/t20-,23-,24+,25-,26+,27+,28-,29+/m0/s1. The zero-order chi connectivity index (χ0) is 21.7. The van der Waals surface area contributed by atoms with E-state index in [2.05, 4.69) is 53.7 Å². The molecule has 3 saturated carbocycles. The molecule has 0 aromatic carbocycles. The molecule has 0 bridgehead atoms. The van der Waals surface area contributed by atoms with Gasteiger partial charge in [0.2, 0.25) is 0 Å². The van der Waals surface area contributed by atoms with Crippen molar-refractivity contribution in [1.29, 1.82) is 0 Å². The number of fused-ring (bicyclic) bond motifs is 5. The van der Waals surface area contributed by atoms with E-state index in [1.54, 1.807) is 11.1 Å².